The predicted octanol–water partition coefficient (Wildman–Crippen LogP) is 5.85. The molecule has 3 aromatic carbocycles. The topological polar surface area (TPSA) is 25.8 Å². The van der Waals surface area contributed by atoms with Gasteiger partial charge in [0.15, 0.2) is 0 Å². The average Bonchev–Trinajstić information content (AvgIpc) is 2.77. The van der Waals surface area contributed by atoms with Gasteiger partial charge in [0.2, 0.25) is 0 Å². The summed E-state index contributed by atoms with van der Waals surface area (Å²) < 4.78 is 0. The summed E-state index contributed by atoms with van der Waals surface area (Å²) >= 11 is 0. The van der Waals surface area contributed by atoms with Gasteiger partial charge < -0.3 is 0 Å². The van der Waals surface area contributed by atoms with Gasteiger partial charge in [0, 0.05) is 35.9 Å². The van der Waals surface area contributed by atoms with Crippen molar-refractivity contribution in [3.05, 3.63) is 109 Å². The molecule has 28 heavy (non-hydrogen) atoms. The van der Waals surface area contributed by atoms with Crippen molar-refractivity contribution in [3.8, 4) is 23.0 Å². The molecule has 0 aliphatic heterocycles. The lowest BCUT2D eigenvalue weighted by molar-refractivity contribution is 1.32. The number of aromatic nitrogens is 2. The minimum Gasteiger partial charge on any atom is -0.265 e. The zero-order valence-corrected chi connectivity index (χ0v) is 15.1. The fourth-order valence-corrected chi connectivity index (χ4v) is 3.52. The summed E-state index contributed by atoms with van der Waals surface area (Å²) in [6.45, 7) is 0. The van der Waals surface area contributed by atoms with Crippen LogP contribution in [0.1, 0.15) is 11.1 Å². The van der Waals surface area contributed by atoms with Crippen molar-refractivity contribution in [2.75, 3.05) is 0 Å². The Bertz CT molecular complexity index is 1350. The minimum atomic E-state index is 0.963. The molecular weight excluding hydrogens is 340 g/mol. The Balaban J connectivity index is 1.74. The number of rotatable bonds is 1. The van der Waals surface area contributed by atoms with Crippen LogP contribution in [0.25, 0.3) is 32.7 Å². The van der Waals surface area contributed by atoms with Crippen molar-refractivity contribution in [2.24, 2.45) is 0 Å². The van der Waals surface area contributed by atoms with E-state index in [9.17, 15) is 0 Å². The number of pyridine rings is 2. The average molecular weight is 356 g/mol. The van der Waals surface area contributed by atoms with E-state index in [2.05, 4.69) is 70.3 Å². The van der Waals surface area contributed by atoms with Gasteiger partial charge in [-0.05, 0) is 75.1 Å². The summed E-state index contributed by atoms with van der Waals surface area (Å²) in [4.78, 5) is 8.20. The quantitative estimate of drug-likeness (QED) is 0.278. The normalized spacial score (nSPS) is 10.6. The molecule has 0 bridgehead atoms. The van der Waals surface area contributed by atoms with Crippen molar-refractivity contribution in [1.82, 2.24) is 9.97 Å². The van der Waals surface area contributed by atoms with E-state index in [1.807, 2.05) is 36.7 Å². The van der Waals surface area contributed by atoms with E-state index in [4.69, 9.17) is 0 Å². The van der Waals surface area contributed by atoms with E-state index in [0.29, 0.717) is 0 Å². The molecular formula is C26H16N2. The highest BCUT2D eigenvalue weighted by Gasteiger charge is 2.07. The van der Waals surface area contributed by atoms with Crippen LogP contribution in [0.5, 0.6) is 0 Å². The van der Waals surface area contributed by atoms with Crippen molar-refractivity contribution in [2.45, 2.75) is 0 Å². The molecule has 5 rings (SSSR count). The molecule has 0 fully saturated rings. The van der Waals surface area contributed by atoms with Crippen molar-refractivity contribution < 1.29 is 0 Å². The Labute approximate surface area is 163 Å². The smallest absolute Gasteiger partial charge is 0.0327 e. The van der Waals surface area contributed by atoms with Crippen LogP contribution in [0.4, 0.5) is 0 Å². The molecule has 0 N–H and O–H groups in total. The summed E-state index contributed by atoms with van der Waals surface area (Å²) in [6, 6.07) is 25.2. The van der Waals surface area contributed by atoms with Crippen LogP contribution >= 0.6 is 0 Å². The molecule has 0 saturated heterocycles. The fraction of sp³-hybridized carbons (Fsp3) is 0. The fourth-order valence-electron chi connectivity index (χ4n) is 3.52. The van der Waals surface area contributed by atoms with E-state index in [1.54, 1.807) is 12.4 Å². The summed E-state index contributed by atoms with van der Waals surface area (Å²) in [5.74, 6) is 6.59. The third-order valence-corrected chi connectivity index (χ3v) is 4.89. The molecule has 130 valence electrons. The molecule has 2 heteroatoms. The molecule has 0 radical (unpaired) electrons. The summed E-state index contributed by atoms with van der Waals surface area (Å²) in [7, 11) is 0. The minimum absolute atomic E-state index is 0.963. The number of benzene rings is 3. The van der Waals surface area contributed by atoms with Crippen LogP contribution in [0.15, 0.2) is 97.6 Å². The third kappa shape index (κ3) is 3.00. The molecule has 2 nitrogen and oxygen atoms in total. The molecule has 0 atom stereocenters. The van der Waals surface area contributed by atoms with Crippen molar-refractivity contribution >= 4 is 21.5 Å². The van der Waals surface area contributed by atoms with Gasteiger partial charge in [-0.15, -0.1) is 0 Å². The molecule has 0 amide bonds. The van der Waals surface area contributed by atoms with Gasteiger partial charge in [0.05, 0.1) is 0 Å². The second kappa shape index (κ2) is 6.98. The van der Waals surface area contributed by atoms with E-state index in [-0.39, 0.29) is 0 Å². The maximum Gasteiger partial charge on any atom is 0.0327 e. The largest absolute Gasteiger partial charge is 0.265 e. The van der Waals surface area contributed by atoms with Crippen LogP contribution in [0.3, 0.4) is 0 Å². The number of fused-ring (bicyclic) bond motifs is 2. The first kappa shape index (κ1) is 16.2. The summed E-state index contributed by atoms with van der Waals surface area (Å²) in [5.41, 5.74) is 4.37. The molecule has 0 aliphatic rings. The van der Waals surface area contributed by atoms with Gasteiger partial charge in [0.1, 0.15) is 0 Å². The van der Waals surface area contributed by atoms with Gasteiger partial charge in [0.25, 0.3) is 0 Å². The molecule has 5 aromatic rings. The SMILES string of the molecule is C(#Cc1cccc2cc3cccc(-c4ccncc4)c3cc12)c1ccncc1. The predicted molar refractivity (Wildman–Crippen MR) is 115 cm³/mol. The van der Waals surface area contributed by atoms with Crippen molar-refractivity contribution in [3.63, 3.8) is 0 Å². The van der Waals surface area contributed by atoms with Gasteiger partial charge in [-0.1, -0.05) is 42.2 Å². The summed E-state index contributed by atoms with van der Waals surface area (Å²) in [6.07, 6.45) is 7.20. The maximum absolute atomic E-state index is 4.15. The first-order chi connectivity index (χ1) is 13.9. The van der Waals surface area contributed by atoms with Crippen LogP contribution < -0.4 is 0 Å². The van der Waals surface area contributed by atoms with E-state index in [0.717, 1.165) is 16.5 Å². The summed E-state index contributed by atoms with van der Waals surface area (Å²) in [5, 5.41) is 4.80. The first-order valence-corrected chi connectivity index (χ1v) is 9.16. The Morgan fingerprint density at radius 1 is 0.571 bits per heavy atom. The highest BCUT2D eigenvalue weighted by atomic mass is 14.6. The molecule has 2 aromatic heterocycles. The van der Waals surface area contributed by atoms with Gasteiger partial charge in [-0.3, -0.25) is 9.97 Å². The van der Waals surface area contributed by atoms with Gasteiger partial charge >= 0.3 is 0 Å². The Kier molecular flexibility index (Phi) is 4.05. The van der Waals surface area contributed by atoms with Crippen LogP contribution in [-0.2, 0) is 0 Å². The lowest BCUT2D eigenvalue weighted by Gasteiger charge is -2.09. The zero-order chi connectivity index (χ0) is 18.8. The number of hydrogen-bond acceptors (Lipinski definition) is 2. The first-order valence-electron chi connectivity index (χ1n) is 9.16. The second-order valence-corrected chi connectivity index (χ2v) is 6.63. The van der Waals surface area contributed by atoms with Crippen LogP contribution in [0, 0.1) is 11.8 Å². The van der Waals surface area contributed by atoms with Crippen LogP contribution in [-0.4, -0.2) is 9.97 Å². The second-order valence-electron chi connectivity index (χ2n) is 6.63. The Morgan fingerprint density at radius 2 is 1.25 bits per heavy atom. The highest BCUT2D eigenvalue weighted by molar-refractivity contribution is 6.06. The van der Waals surface area contributed by atoms with E-state index >= 15 is 0 Å². The van der Waals surface area contributed by atoms with E-state index in [1.165, 1.54) is 27.3 Å². The maximum atomic E-state index is 4.15. The Hall–Kier alpha value is -3.96. The Morgan fingerprint density at radius 3 is 2.04 bits per heavy atom. The van der Waals surface area contributed by atoms with E-state index < -0.39 is 0 Å². The standard InChI is InChI=1S/C26H16N2/c1-3-20(8-7-19-9-13-27-14-10-19)25-18-26-23(17-22(25)4-1)5-2-6-24(26)21-11-15-28-16-12-21/h1-6,9-18H. The molecule has 0 aliphatic carbocycles. The lowest BCUT2D eigenvalue weighted by atomic mass is 9.94. The molecule has 0 saturated carbocycles. The molecule has 0 unspecified atom stereocenters. The van der Waals surface area contributed by atoms with Crippen molar-refractivity contribution in [1.29, 1.82) is 0 Å². The van der Waals surface area contributed by atoms with Gasteiger partial charge in [-0.2, -0.15) is 0 Å². The highest BCUT2D eigenvalue weighted by Crippen LogP contribution is 2.32. The third-order valence-electron chi connectivity index (χ3n) is 4.89. The lowest BCUT2D eigenvalue weighted by Crippen LogP contribution is -1.85. The number of hydrogen-bond donors (Lipinski definition) is 0. The molecule has 2 heterocycles. The monoisotopic (exact) mass is 356 g/mol. The number of nitrogens with zero attached hydrogens (tertiary/aromatic N) is 2. The zero-order valence-electron chi connectivity index (χ0n) is 15.1. The molecule has 0 spiro atoms. The van der Waals surface area contributed by atoms with Crippen LogP contribution in [0.2, 0.25) is 0 Å². The van der Waals surface area contributed by atoms with Gasteiger partial charge in [-0.25, -0.2) is 0 Å².